The zero-order valence-corrected chi connectivity index (χ0v) is 12.5. The molecule has 0 atom stereocenters. The second-order valence-electron chi connectivity index (χ2n) is 4.46. The van der Waals surface area contributed by atoms with Crippen molar-refractivity contribution in [2.24, 2.45) is 0 Å². The Kier molecular flexibility index (Phi) is 5.46. The molecule has 5 heteroatoms. The van der Waals surface area contributed by atoms with Crippen molar-refractivity contribution in [2.75, 3.05) is 19.0 Å². The first kappa shape index (κ1) is 15.2. The number of nitrogens with one attached hydrogen (secondary N) is 2. The van der Waals surface area contributed by atoms with Crippen LogP contribution in [0.3, 0.4) is 0 Å². The van der Waals surface area contributed by atoms with Crippen molar-refractivity contribution in [2.45, 2.75) is 6.42 Å². The molecule has 0 fully saturated rings. The molecule has 2 aromatic carbocycles. The van der Waals surface area contributed by atoms with Crippen molar-refractivity contribution in [3.05, 3.63) is 59.1 Å². The lowest BCUT2D eigenvalue weighted by molar-refractivity contribution is 0.252. The first-order chi connectivity index (χ1) is 10.2. The van der Waals surface area contributed by atoms with Crippen molar-refractivity contribution in [3.63, 3.8) is 0 Å². The van der Waals surface area contributed by atoms with E-state index in [1.165, 1.54) is 0 Å². The number of anilines is 1. The molecule has 0 saturated heterocycles. The molecule has 0 saturated carbocycles. The van der Waals surface area contributed by atoms with Gasteiger partial charge in [0.15, 0.2) is 0 Å². The highest BCUT2D eigenvalue weighted by molar-refractivity contribution is 6.30. The number of hydrogen-bond donors (Lipinski definition) is 2. The van der Waals surface area contributed by atoms with Crippen LogP contribution in [0.25, 0.3) is 0 Å². The van der Waals surface area contributed by atoms with E-state index in [0.29, 0.717) is 23.0 Å². The molecule has 0 aliphatic rings. The van der Waals surface area contributed by atoms with Crippen molar-refractivity contribution in [1.29, 1.82) is 0 Å². The van der Waals surface area contributed by atoms with E-state index in [4.69, 9.17) is 16.3 Å². The molecule has 0 bridgehead atoms. The van der Waals surface area contributed by atoms with Crippen LogP contribution in [0.5, 0.6) is 5.75 Å². The average molecular weight is 305 g/mol. The molecule has 0 aliphatic heterocycles. The van der Waals surface area contributed by atoms with E-state index in [0.717, 1.165) is 12.0 Å². The number of carbonyl (C=O) groups is 1. The lowest BCUT2D eigenvalue weighted by Crippen LogP contribution is -2.30. The first-order valence-electron chi connectivity index (χ1n) is 6.61. The number of methoxy groups -OCH3 is 1. The van der Waals surface area contributed by atoms with Gasteiger partial charge in [0.05, 0.1) is 12.8 Å². The molecule has 0 aromatic heterocycles. The van der Waals surface area contributed by atoms with Gasteiger partial charge in [-0.25, -0.2) is 4.79 Å². The fourth-order valence-corrected chi connectivity index (χ4v) is 2.14. The molecule has 2 aromatic rings. The summed E-state index contributed by atoms with van der Waals surface area (Å²) in [5.74, 6) is 0.627. The number of para-hydroxylation sites is 2. The summed E-state index contributed by atoms with van der Waals surface area (Å²) in [6.45, 7) is 0.529. The summed E-state index contributed by atoms with van der Waals surface area (Å²) in [5, 5.41) is 6.26. The van der Waals surface area contributed by atoms with Crippen LogP contribution >= 0.6 is 11.6 Å². The summed E-state index contributed by atoms with van der Waals surface area (Å²) in [4.78, 5) is 11.8. The van der Waals surface area contributed by atoms with Gasteiger partial charge in [-0.15, -0.1) is 0 Å². The van der Waals surface area contributed by atoms with Crippen LogP contribution in [0.15, 0.2) is 48.5 Å². The number of carbonyl (C=O) groups excluding carboxylic acids is 1. The summed E-state index contributed by atoms with van der Waals surface area (Å²) in [7, 11) is 1.57. The Hall–Kier alpha value is -2.20. The number of ether oxygens (including phenoxy) is 1. The Bertz CT molecular complexity index is 617. The number of rotatable bonds is 5. The molecule has 0 unspecified atom stereocenters. The summed E-state index contributed by atoms with van der Waals surface area (Å²) in [6.07, 6.45) is 0.722. The van der Waals surface area contributed by atoms with Gasteiger partial charge in [0.1, 0.15) is 5.75 Å². The van der Waals surface area contributed by atoms with Crippen LogP contribution < -0.4 is 15.4 Å². The Labute approximate surface area is 129 Å². The molecule has 0 radical (unpaired) electrons. The Morgan fingerprint density at radius 2 is 2.00 bits per heavy atom. The maximum atomic E-state index is 11.8. The van der Waals surface area contributed by atoms with Crippen molar-refractivity contribution in [3.8, 4) is 5.75 Å². The molecule has 4 nitrogen and oxygen atoms in total. The average Bonchev–Trinajstić information content (AvgIpc) is 2.48. The molecule has 0 heterocycles. The lowest BCUT2D eigenvalue weighted by atomic mass is 10.1. The first-order valence-corrected chi connectivity index (χ1v) is 6.99. The third kappa shape index (κ3) is 4.68. The second-order valence-corrected chi connectivity index (χ2v) is 4.90. The number of amides is 2. The Balaban J connectivity index is 1.82. The van der Waals surface area contributed by atoms with Gasteiger partial charge in [0.25, 0.3) is 0 Å². The lowest BCUT2D eigenvalue weighted by Gasteiger charge is -2.11. The van der Waals surface area contributed by atoms with E-state index in [-0.39, 0.29) is 6.03 Å². The zero-order chi connectivity index (χ0) is 15.1. The molecule has 2 amide bonds. The highest BCUT2D eigenvalue weighted by Gasteiger charge is 2.05. The number of urea groups is 1. The van der Waals surface area contributed by atoms with E-state index < -0.39 is 0 Å². The monoisotopic (exact) mass is 304 g/mol. The maximum Gasteiger partial charge on any atom is 0.319 e. The molecule has 2 rings (SSSR count). The summed E-state index contributed by atoms with van der Waals surface area (Å²) in [6, 6.07) is 14.6. The smallest absolute Gasteiger partial charge is 0.319 e. The van der Waals surface area contributed by atoms with Gasteiger partial charge in [-0.2, -0.15) is 0 Å². The zero-order valence-electron chi connectivity index (χ0n) is 11.7. The Morgan fingerprint density at radius 1 is 1.19 bits per heavy atom. The second kappa shape index (κ2) is 7.55. The van der Waals surface area contributed by atoms with Crippen molar-refractivity contribution < 1.29 is 9.53 Å². The molecular weight excluding hydrogens is 288 g/mol. The SMILES string of the molecule is COc1ccccc1NC(=O)NCCc1cccc(Cl)c1. The number of benzene rings is 2. The minimum absolute atomic E-state index is 0.262. The van der Waals surface area contributed by atoms with E-state index >= 15 is 0 Å². The van der Waals surface area contributed by atoms with Gasteiger partial charge in [-0.3, -0.25) is 0 Å². The summed E-state index contributed by atoms with van der Waals surface area (Å²) >= 11 is 5.91. The van der Waals surface area contributed by atoms with Crippen LogP contribution in [-0.2, 0) is 6.42 Å². The van der Waals surface area contributed by atoms with Gasteiger partial charge in [-0.1, -0.05) is 35.9 Å². The van der Waals surface area contributed by atoms with E-state index in [2.05, 4.69) is 10.6 Å². The standard InChI is InChI=1S/C16H17ClN2O2/c1-21-15-8-3-2-7-14(15)19-16(20)18-10-9-12-5-4-6-13(17)11-12/h2-8,11H,9-10H2,1H3,(H2,18,19,20). The van der Waals surface area contributed by atoms with Gasteiger partial charge < -0.3 is 15.4 Å². The molecule has 110 valence electrons. The fraction of sp³-hybridized carbons (Fsp3) is 0.188. The number of hydrogen-bond acceptors (Lipinski definition) is 2. The summed E-state index contributed by atoms with van der Waals surface area (Å²) in [5.41, 5.74) is 1.72. The van der Waals surface area contributed by atoms with E-state index in [1.54, 1.807) is 19.2 Å². The van der Waals surface area contributed by atoms with Gasteiger partial charge in [-0.05, 0) is 36.2 Å². The van der Waals surface area contributed by atoms with E-state index in [9.17, 15) is 4.79 Å². The quantitative estimate of drug-likeness (QED) is 0.884. The molecule has 0 spiro atoms. The highest BCUT2D eigenvalue weighted by Crippen LogP contribution is 2.22. The van der Waals surface area contributed by atoms with Gasteiger partial charge in [0, 0.05) is 11.6 Å². The van der Waals surface area contributed by atoms with Crippen LogP contribution in [0.4, 0.5) is 10.5 Å². The predicted octanol–water partition coefficient (Wildman–Crippen LogP) is 3.71. The molecule has 0 aliphatic carbocycles. The van der Waals surface area contributed by atoms with Crippen molar-refractivity contribution in [1.82, 2.24) is 5.32 Å². The van der Waals surface area contributed by atoms with Crippen LogP contribution in [0, 0.1) is 0 Å². The number of halogens is 1. The van der Waals surface area contributed by atoms with Crippen LogP contribution in [0.1, 0.15) is 5.56 Å². The highest BCUT2D eigenvalue weighted by atomic mass is 35.5. The third-order valence-electron chi connectivity index (χ3n) is 2.94. The Morgan fingerprint density at radius 3 is 2.76 bits per heavy atom. The minimum atomic E-state index is -0.262. The van der Waals surface area contributed by atoms with Gasteiger partial charge >= 0.3 is 6.03 Å². The minimum Gasteiger partial charge on any atom is -0.495 e. The van der Waals surface area contributed by atoms with E-state index in [1.807, 2.05) is 36.4 Å². The molecule has 21 heavy (non-hydrogen) atoms. The fourth-order valence-electron chi connectivity index (χ4n) is 1.93. The largest absolute Gasteiger partial charge is 0.495 e. The molecule has 2 N–H and O–H groups in total. The predicted molar refractivity (Wildman–Crippen MR) is 85.2 cm³/mol. The molecular formula is C16H17ClN2O2. The van der Waals surface area contributed by atoms with Crippen LogP contribution in [0.2, 0.25) is 5.02 Å². The van der Waals surface area contributed by atoms with Crippen LogP contribution in [-0.4, -0.2) is 19.7 Å². The summed E-state index contributed by atoms with van der Waals surface area (Å²) < 4.78 is 5.18. The third-order valence-corrected chi connectivity index (χ3v) is 3.18. The van der Waals surface area contributed by atoms with Gasteiger partial charge in [0.2, 0.25) is 0 Å². The van der Waals surface area contributed by atoms with Crippen molar-refractivity contribution >= 4 is 23.3 Å². The normalized spacial score (nSPS) is 10.0. The topological polar surface area (TPSA) is 50.4 Å². The maximum absolute atomic E-state index is 11.8.